The average Bonchev–Trinajstić information content (AvgIpc) is 2.84. The summed E-state index contributed by atoms with van der Waals surface area (Å²) >= 11 is 0. The van der Waals surface area contributed by atoms with Gasteiger partial charge in [0.2, 0.25) is 0 Å². The van der Waals surface area contributed by atoms with Crippen LogP contribution in [-0.2, 0) is 6.54 Å². The van der Waals surface area contributed by atoms with Crippen LogP contribution in [-0.4, -0.2) is 28.2 Å². The van der Waals surface area contributed by atoms with Crippen molar-refractivity contribution >= 4 is 16.8 Å². The number of nitrogens with one attached hydrogen (secondary N) is 1. The Kier molecular flexibility index (Phi) is 5.84. The summed E-state index contributed by atoms with van der Waals surface area (Å²) in [6.45, 7) is 12.6. The first kappa shape index (κ1) is 18.3. The number of fused-ring (bicyclic) bond motifs is 1. The van der Waals surface area contributed by atoms with Crippen molar-refractivity contribution in [2.75, 3.05) is 6.61 Å². The molecule has 2 aromatic rings. The lowest BCUT2D eigenvalue weighted by molar-refractivity contribution is 0.0906. The first-order chi connectivity index (χ1) is 11.4. The molecule has 4 nitrogen and oxygen atoms in total. The van der Waals surface area contributed by atoms with Crippen molar-refractivity contribution in [3.63, 3.8) is 0 Å². The number of allylic oxidation sites excluding steroid dienone is 1. The standard InChI is InChI=1S/C20H28N2O2/c1-6-10-22-18-9-8-15(13(3)4)11-17(18)14(5)19(22)20(24)21-16(7-2)12-23/h6,8-9,11,13,16,23H,1,7,10,12H2,2-5H3,(H,21,24). The van der Waals surface area contributed by atoms with Gasteiger partial charge in [0, 0.05) is 17.4 Å². The monoisotopic (exact) mass is 328 g/mol. The van der Waals surface area contributed by atoms with Gasteiger partial charge in [-0.3, -0.25) is 4.79 Å². The molecule has 0 radical (unpaired) electrons. The summed E-state index contributed by atoms with van der Waals surface area (Å²) in [7, 11) is 0. The molecule has 0 aliphatic carbocycles. The minimum atomic E-state index is -0.224. The molecule has 0 fully saturated rings. The maximum atomic E-state index is 12.8. The minimum absolute atomic E-state index is 0.0551. The molecular formula is C20H28N2O2. The Morgan fingerprint density at radius 3 is 2.67 bits per heavy atom. The zero-order valence-corrected chi connectivity index (χ0v) is 15.1. The fourth-order valence-corrected chi connectivity index (χ4v) is 3.04. The number of amides is 1. The van der Waals surface area contributed by atoms with E-state index in [4.69, 9.17) is 0 Å². The third kappa shape index (κ3) is 3.39. The van der Waals surface area contributed by atoms with Gasteiger partial charge < -0.3 is 15.0 Å². The summed E-state index contributed by atoms with van der Waals surface area (Å²) in [5, 5.41) is 13.4. The molecular weight excluding hydrogens is 300 g/mol. The number of aromatic nitrogens is 1. The van der Waals surface area contributed by atoms with Crippen LogP contribution in [0.25, 0.3) is 10.9 Å². The van der Waals surface area contributed by atoms with E-state index >= 15 is 0 Å². The van der Waals surface area contributed by atoms with Crippen LogP contribution in [0.15, 0.2) is 30.9 Å². The normalized spacial score (nSPS) is 12.6. The zero-order valence-electron chi connectivity index (χ0n) is 15.1. The highest BCUT2D eigenvalue weighted by atomic mass is 16.3. The van der Waals surface area contributed by atoms with Gasteiger partial charge in [-0.2, -0.15) is 0 Å². The molecule has 2 rings (SSSR count). The van der Waals surface area contributed by atoms with Gasteiger partial charge >= 0.3 is 0 Å². The van der Waals surface area contributed by atoms with Crippen LogP contribution in [0, 0.1) is 6.92 Å². The van der Waals surface area contributed by atoms with Crippen LogP contribution in [0.1, 0.15) is 54.7 Å². The molecule has 0 spiro atoms. The first-order valence-electron chi connectivity index (χ1n) is 8.59. The lowest BCUT2D eigenvalue weighted by Crippen LogP contribution is -2.38. The van der Waals surface area contributed by atoms with Crippen molar-refractivity contribution in [3.8, 4) is 0 Å². The number of hydrogen-bond donors (Lipinski definition) is 2. The molecule has 1 unspecified atom stereocenters. The van der Waals surface area contributed by atoms with Crippen molar-refractivity contribution in [3.05, 3.63) is 47.7 Å². The molecule has 24 heavy (non-hydrogen) atoms. The summed E-state index contributed by atoms with van der Waals surface area (Å²) in [5.74, 6) is 0.297. The van der Waals surface area contributed by atoms with E-state index in [1.54, 1.807) is 6.08 Å². The van der Waals surface area contributed by atoms with Crippen LogP contribution in [0.3, 0.4) is 0 Å². The third-order valence-electron chi connectivity index (χ3n) is 4.58. The Balaban J connectivity index is 2.58. The number of carbonyl (C=O) groups is 1. The second-order valence-corrected chi connectivity index (χ2v) is 6.57. The number of carbonyl (C=O) groups excluding carboxylic acids is 1. The second-order valence-electron chi connectivity index (χ2n) is 6.57. The van der Waals surface area contributed by atoms with Gasteiger partial charge in [-0.1, -0.05) is 32.9 Å². The highest BCUT2D eigenvalue weighted by Gasteiger charge is 2.21. The number of nitrogens with zero attached hydrogens (tertiary/aromatic N) is 1. The van der Waals surface area contributed by atoms with Gasteiger partial charge in [0.15, 0.2) is 0 Å². The predicted molar refractivity (Wildman–Crippen MR) is 99.6 cm³/mol. The molecule has 0 aliphatic rings. The Bertz CT molecular complexity index is 740. The maximum absolute atomic E-state index is 12.8. The molecule has 0 saturated carbocycles. The number of aliphatic hydroxyl groups excluding tert-OH is 1. The fraction of sp³-hybridized carbons (Fsp3) is 0.450. The third-order valence-corrected chi connectivity index (χ3v) is 4.58. The van der Waals surface area contributed by atoms with Gasteiger partial charge in [0.05, 0.1) is 12.6 Å². The van der Waals surface area contributed by atoms with Crippen LogP contribution in [0.4, 0.5) is 0 Å². The number of aliphatic hydroxyl groups is 1. The Morgan fingerprint density at radius 2 is 2.12 bits per heavy atom. The Labute approximate surface area is 144 Å². The molecule has 0 bridgehead atoms. The molecule has 1 aromatic heterocycles. The summed E-state index contributed by atoms with van der Waals surface area (Å²) in [6.07, 6.45) is 2.50. The van der Waals surface area contributed by atoms with E-state index in [2.05, 4.69) is 43.9 Å². The Morgan fingerprint density at radius 1 is 1.42 bits per heavy atom. The predicted octanol–water partition coefficient (Wildman–Crippen LogP) is 3.76. The van der Waals surface area contributed by atoms with Gasteiger partial charge in [-0.25, -0.2) is 0 Å². The Hall–Kier alpha value is -2.07. The largest absolute Gasteiger partial charge is 0.394 e. The first-order valence-corrected chi connectivity index (χ1v) is 8.59. The summed E-state index contributed by atoms with van der Waals surface area (Å²) < 4.78 is 2.00. The van der Waals surface area contributed by atoms with Crippen LogP contribution in [0.2, 0.25) is 0 Å². The van der Waals surface area contributed by atoms with E-state index < -0.39 is 0 Å². The molecule has 1 aromatic carbocycles. The molecule has 4 heteroatoms. The summed E-state index contributed by atoms with van der Waals surface area (Å²) in [4.78, 5) is 12.8. The summed E-state index contributed by atoms with van der Waals surface area (Å²) in [5.41, 5.74) is 3.92. The zero-order chi connectivity index (χ0) is 17.9. The molecule has 1 atom stereocenters. The van der Waals surface area contributed by atoms with E-state index in [0.717, 1.165) is 16.5 Å². The minimum Gasteiger partial charge on any atom is -0.394 e. The van der Waals surface area contributed by atoms with E-state index in [1.165, 1.54) is 5.56 Å². The van der Waals surface area contributed by atoms with Gasteiger partial charge in [0.25, 0.3) is 5.91 Å². The van der Waals surface area contributed by atoms with E-state index in [-0.39, 0.29) is 18.6 Å². The molecule has 130 valence electrons. The van der Waals surface area contributed by atoms with Crippen molar-refractivity contribution in [2.45, 2.75) is 52.6 Å². The van der Waals surface area contributed by atoms with E-state index in [0.29, 0.717) is 24.6 Å². The molecule has 2 N–H and O–H groups in total. The van der Waals surface area contributed by atoms with Crippen LogP contribution in [0.5, 0.6) is 0 Å². The van der Waals surface area contributed by atoms with Crippen molar-refractivity contribution < 1.29 is 9.90 Å². The second kappa shape index (κ2) is 7.67. The lowest BCUT2D eigenvalue weighted by atomic mass is 10.0. The maximum Gasteiger partial charge on any atom is 0.268 e. The highest BCUT2D eigenvalue weighted by Crippen LogP contribution is 2.29. The molecule has 0 aliphatic heterocycles. The molecule has 1 amide bonds. The van der Waals surface area contributed by atoms with Crippen LogP contribution >= 0.6 is 0 Å². The van der Waals surface area contributed by atoms with E-state index in [1.807, 2.05) is 18.4 Å². The quantitative estimate of drug-likeness (QED) is 0.760. The average molecular weight is 328 g/mol. The van der Waals surface area contributed by atoms with Crippen LogP contribution < -0.4 is 5.32 Å². The van der Waals surface area contributed by atoms with Crippen molar-refractivity contribution in [1.82, 2.24) is 9.88 Å². The fourth-order valence-electron chi connectivity index (χ4n) is 3.04. The van der Waals surface area contributed by atoms with Gasteiger partial charge in [-0.05, 0) is 42.5 Å². The number of benzene rings is 1. The number of aryl methyl sites for hydroxylation is 1. The number of hydrogen-bond acceptors (Lipinski definition) is 2. The number of rotatable bonds is 7. The molecule has 1 heterocycles. The topological polar surface area (TPSA) is 54.3 Å². The van der Waals surface area contributed by atoms with Crippen molar-refractivity contribution in [2.24, 2.45) is 0 Å². The van der Waals surface area contributed by atoms with Crippen molar-refractivity contribution in [1.29, 1.82) is 0 Å². The highest BCUT2D eigenvalue weighted by molar-refractivity contribution is 6.02. The summed E-state index contributed by atoms with van der Waals surface area (Å²) in [6, 6.07) is 6.16. The SMILES string of the molecule is C=CCn1c(C(=O)NC(CC)CO)c(C)c2cc(C(C)C)ccc21. The smallest absolute Gasteiger partial charge is 0.268 e. The van der Waals surface area contributed by atoms with Gasteiger partial charge in [-0.15, -0.1) is 6.58 Å². The van der Waals surface area contributed by atoms with Gasteiger partial charge in [0.1, 0.15) is 5.69 Å². The lowest BCUT2D eigenvalue weighted by Gasteiger charge is -2.16. The molecule has 0 saturated heterocycles. The van der Waals surface area contributed by atoms with E-state index in [9.17, 15) is 9.90 Å².